The highest BCUT2D eigenvalue weighted by Crippen LogP contribution is 2.32. The second kappa shape index (κ2) is 5.67. The zero-order valence-electron chi connectivity index (χ0n) is 10.1. The topological polar surface area (TPSA) is 46.3 Å². The molecular formula is C12H15BrN2OS2. The first-order chi connectivity index (χ1) is 8.49. The maximum Gasteiger partial charge on any atom is 0.264 e. The number of nitrogens with zero attached hydrogens (tertiary/aromatic N) is 1. The van der Waals surface area contributed by atoms with Gasteiger partial charge in [0.05, 0.1) is 13.7 Å². The Morgan fingerprint density at radius 2 is 2.33 bits per heavy atom. The minimum atomic E-state index is 0.104. The molecule has 0 radical (unpaired) electrons. The summed E-state index contributed by atoms with van der Waals surface area (Å²) in [5.41, 5.74) is 6.62. The van der Waals surface area contributed by atoms with Gasteiger partial charge in [-0.2, -0.15) is 0 Å². The lowest BCUT2D eigenvalue weighted by atomic mass is 10.3. The number of hydrogen-bond donors (Lipinski definition) is 1. The third kappa shape index (κ3) is 3.30. The normalized spacial score (nSPS) is 14.6. The summed E-state index contributed by atoms with van der Waals surface area (Å²) in [5.74, 6) is 0.104. The summed E-state index contributed by atoms with van der Waals surface area (Å²) in [6, 6.07) is 2.32. The molecule has 3 nitrogen and oxygen atoms in total. The van der Waals surface area contributed by atoms with Crippen molar-refractivity contribution in [3.63, 3.8) is 0 Å². The van der Waals surface area contributed by atoms with E-state index in [4.69, 9.17) is 18.0 Å². The number of nitrogens with two attached hydrogens (primary N) is 1. The van der Waals surface area contributed by atoms with Gasteiger partial charge in [0, 0.05) is 19.0 Å². The van der Waals surface area contributed by atoms with E-state index in [1.807, 2.05) is 17.9 Å². The molecule has 0 aromatic carbocycles. The van der Waals surface area contributed by atoms with E-state index in [-0.39, 0.29) is 5.91 Å². The van der Waals surface area contributed by atoms with E-state index < -0.39 is 0 Å². The van der Waals surface area contributed by atoms with Crippen molar-refractivity contribution in [1.82, 2.24) is 4.90 Å². The predicted molar refractivity (Wildman–Crippen MR) is 82.2 cm³/mol. The minimum Gasteiger partial charge on any atom is -0.393 e. The van der Waals surface area contributed by atoms with Crippen LogP contribution in [0.2, 0.25) is 0 Å². The summed E-state index contributed by atoms with van der Waals surface area (Å²) < 4.78 is 1.02. The largest absolute Gasteiger partial charge is 0.393 e. The number of thiophene rings is 1. The van der Waals surface area contributed by atoms with E-state index in [2.05, 4.69) is 15.9 Å². The highest BCUT2D eigenvalue weighted by Gasteiger charge is 2.33. The van der Waals surface area contributed by atoms with Crippen LogP contribution < -0.4 is 5.73 Å². The van der Waals surface area contributed by atoms with Crippen molar-refractivity contribution in [3.05, 3.63) is 20.3 Å². The zero-order chi connectivity index (χ0) is 13.3. The maximum atomic E-state index is 12.4. The summed E-state index contributed by atoms with van der Waals surface area (Å²) in [6.07, 6.45) is 2.78. The first-order valence-electron chi connectivity index (χ1n) is 5.84. The van der Waals surface area contributed by atoms with Crippen molar-refractivity contribution in [2.75, 3.05) is 6.54 Å². The Bertz CT molecular complexity index is 463. The molecule has 1 aliphatic rings. The minimum absolute atomic E-state index is 0.104. The van der Waals surface area contributed by atoms with E-state index in [9.17, 15) is 4.79 Å². The molecule has 2 rings (SSSR count). The van der Waals surface area contributed by atoms with Gasteiger partial charge in [-0.1, -0.05) is 12.2 Å². The molecule has 18 heavy (non-hydrogen) atoms. The van der Waals surface area contributed by atoms with Gasteiger partial charge in [-0.15, -0.1) is 11.3 Å². The average molecular weight is 347 g/mol. The average Bonchev–Trinajstić information content (AvgIpc) is 3.06. The fraction of sp³-hybridized carbons (Fsp3) is 0.500. The molecule has 0 bridgehead atoms. The van der Waals surface area contributed by atoms with E-state index in [0.29, 0.717) is 24.0 Å². The van der Waals surface area contributed by atoms with Gasteiger partial charge in [0.1, 0.15) is 0 Å². The Balaban J connectivity index is 2.10. The SMILES string of the molecule is Cc1cc(C(=O)N(CCC(N)=S)C2CC2)sc1Br. The Labute approximate surface area is 124 Å². The quantitative estimate of drug-likeness (QED) is 0.833. The molecule has 1 saturated carbocycles. The van der Waals surface area contributed by atoms with Gasteiger partial charge < -0.3 is 10.6 Å². The predicted octanol–water partition coefficient (Wildman–Crippen LogP) is 3.10. The van der Waals surface area contributed by atoms with Crippen molar-refractivity contribution in [2.45, 2.75) is 32.2 Å². The summed E-state index contributed by atoms with van der Waals surface area (Å²) in [4.78, 5) is 15.6. The second-order valence-corrected chi connectivity index (χ2v) is 7.41. The molecule has 0 atom stereocenters. The van der Waals surface area contributed by atoms with Crippen molar-refractivity contribution < 1.29 is 4.79 Å². The summed E-state index contributed by atoms with van der Waals surface area (Å²) in [7, 11) is 0. The monoisotopic (exact) mass is 346 g/mol. The molecule has 1 fully saturated rings. The zero-order valence-corrected chi connectivity index (χ0v) is 13.3. The number of rotatable bonds is 5. The van der Waals surface area contributed by atoms with Crippen molar-refractivity contribution in [1.29, 1.82) is 0 Å². The third-order valence-corrected chi connectivity index (χ3v) is 5.24. The molecule has 1 heterocycles. The number of amides is 1. The van der Waals surface area contributed by atoms with Crippen LogP contribution in [0.4, 0.5) is 0 Å². The van der Waals surface area contributed by atoms with E-state index in [0.717, 1.165) is 27.1 Å². The van der Waals surface area contributed by atoms with Gasteiger partial charge in [-0.3, -0.25) is 4.79 Å². The molecule has 0 aliphatic heterocycles. The molecule has 1 aromatic heterocycles. The summed E-state index contributed by atoms with van der Waals surface area (Å²) in [5, 5.41) is 0. The molecule has 1 aliphatic carbocycles. The summed E-state index contributed by atoms with van der Waals surface area (Å²) in [6.45, 7) is 2.63. The summed E-state index contributed by atoms with van der Waals surface area (Å²) >= 11 is 9.83. The van der Waals surface area contributed by atoms with Crippen LogP contribution in [0.1, 0.15) is 34.5 Å². The smallest absolute Gasteiger partial charge is 0.264 e. The van der Waals surface area contributed by atoms with E-state index in [1.54, 1.807) is 0 Å². The van der Waals surface area contributed by atoms with Crippen LogP contribution in [0.5, 0.6) is 0 Å². The Hall–Kier alpha value is -0.460. The Morgan fingerprint density at radius 1 is 1.67 bits per heavy atom. The standard InChI is InChI=1S/C12H15BrN2OS2/c1-7-6-9(18-11(7)13)12(16)15(8-2-3-8)5-4-10(14)17/h6,8H,2-5H2,1H3,(H2,14,17). The van der Waals surface area contributed by atoms with Crippen molar-refractivity contribution >= 4 is 50.4 Å². The van der Waals surface area contributed by atoms with Crippen LogP contribution >= 0.6 is 39.5 Å². The fourth-order valence-electron chi connectivity index (χ4n) is 1.77. The number of aryl methyl sites for hydroxylation is 1. The molecule has 6 heteroatoms. The number of carbonyl (C=O) groups excluding carboxylic acids is 1. The first kappa shape index (κ1) is 14.0. The van der Waals surface area contributed by atoms with Crippen molar-refractivity contribution in [3.8, 4) is 0 Å². The molecule has 0 spiro atoms. The van der Waals surface area contributed by atoms with Crippen LogP contribution in [0.15, 0.2) is 9.85 Å². The lowest BCUT2D eigenvalue weighted by Crippen LogP contribution is -2.35. The number of halogens is 1. The third-order valence-electron chi connectivity index (χ3n) is 2.92. The van der Waals surface area contributed by atoms with Gasteiger partial charge in [-0.25, -0.2) is 0 Å². The second-order valence-electron chi connectivity index (χ2n) is 4.51. The van der Waals surface area contributed by atoms with Crippen LogP contribution in [-0.4, -0.2) is 28.4 Å². The highest BCUT2D eigenvalue weighted by atomic mass is 79.9. The van der Waals surface area contributed by atoms with Gasteiger partial charge >= 0.3 is 0 Å². The van der Waals surface area contributed by atoms with Crippen molar-refractivity contribution in [2.24, 2.45) is 5.73 Å². The molecule has 98 valence electrons. The molecule has 0 saturated heterocycles. The lowest BCUT2D eigenvalue weighted by Gasteiger charge is -2.21. The first-order valence-corrected chi connectivity index (χ1v) is 7.86. The molecule has 2 N–H and O–H groups in total. The molecular weight excluding hydrogens is 332 g/mol. The molecule has 0 unspecified atom stereocenters. The maximum absolute atomic E-state index is 12.4. The highest BCUT2D eigenvalue weighted by molar-refractivity contribution is 9.11. The fourth-order valence-corrected chi connectivity index (χ4v) is 3.36. The number of carbonyl (C=O) groups is 1. The van der Waals surface area contributed by atoms with Crippen LogP contribution in [0.3, 0.4) is 0 Å². The van der Waals surface area contributed by atoms with Gasteiger partial charge in [0.15, 0.2) is 0 Å². The lowest BCUT2D eigenvalue weighted by molar-refractivity contribution is 0.0753. The van der Waals surface area contributed by atoms with Gasteiger partial charge in [0.2, 0.25) is 0 Å². The van der Waals surface area contributed by atoms with Gasteiger partial charge in [-0.05, 0) is 47.3 Å². The number of hydrogen-bond acceptors (Lipinski definition) is 3. The van der Waals surface area contributed by atoms with Crippen LogP contribution in [-0.2, 0) is 0 Å². The van der Waals surface area contributed by atoms with E-state index >= 15 is 0 Å². The van der Waals surface area contributed by atoms with Gasteiger partial charge in [0.25, 0.3) is 5.91 Å². The van der Waals surface area contributed by atoms with E-state index in [1.165, 1.54) is 11.3 Å². The Kier molecular flexibility index (Phi) is 4.40. The Morgan fingerprint density at radius 3 is 2.78 bits per heavy atom. The van der Waals surface area contributed by atoms with Crippen LogP contribution in [0.25, 0.3) is 0 Å². The molecule has 1 amide bonds. The molecule has 1 aromatic rings. The number of thiocarbonyl (C=S) groups is 1. The van der Waals surface area contributed by atoms with Crippen LogP contribution in [0, 0.1) is 6.92 Å².